The molecule has 5 heteroatoms. The fraction of sp³-hybridized carbons (Fsp3) is 0.0769. The normalized spacial score (nSPS) is 10.4. The molecular weight excluding hydrogens is 335 g/mol. The van der Waals surface area contributed by atoms with Gasteiger partial charge in [0.05, 0.1) is 15.7 Å². The zero-order chi connectivity index (χ0) is 13.1. The van der Waals surface area contributed by atoms with Gasteiger partial charge in [-0.25, -0.2) is 0 Å². The first-order chi connectivity index (χ1) is 8.58. The first kappa shape index (κ1) is 13.5. The highest BCUT2D eigenvalue weighted by Gasteiger charge is 2.07. The van der Waals surface area contributed by atoms with E-state index in [1.54, 1.807) is 12.1 Å². The first-order valence-electron chi connectivity index (χ1n) is 5.29. The molecule has 2 nitrogen and oxygen atoms in total. The van der Waals surface area contributed by atoms with E-state index in [0.717, 1.165) is 10.0 Å². The summed E-state index contributed by atoms with van der Waals surface area (Å²) in [6.45, 7) is 0.630. The minimum atomic E-state index is 0.520. The Kier molecular flexibility index (Phi) is 4.38. The lowest BCUT2D eigenvalue weighted by molar-refractivity contribution is 1.14. The maximum Gasteiger partial charge on any atom is 0.0723 e. The van der Waals surface area contributed by atoms with Crippen LogP contribution < -0.4 is 11.1 Å². The van der Waals surface area contributed by atoms with Crippen LogP contribution in [0.5, 0.6) is 0 Å². The minimum absolute atomic E-state index is 0.520. The molecule has 0 saturated heterocycles. The number of halogens is 3. The van der Waals surface area contributed by atoms with Crippen molar-refractivity contribution in [3.63, 3.8) is 0 Å². The first-order valence-corrected chi connectivity index (χ1v) is 6.84. The minimum Gasteiger partial charge on any atom is -0.399 e. The van der Waals surface area contributed by atoms with E-state index in [1.807, 2.05) is 24.3 Å². The van der Waals surface area contributed by atoms with Crippen molar-refractivity contribution in [2.24, 2.45) is 0 Å². The van der Waals surface area contributed by atoms with Gasteiger partial charge in [0.1, 0.15) is 0 Å². The van der Waals surface area contributed by atoms with Crippen molar-refractivity contribution in [2.45, 2.75) is 6.54 Å². The molecule has 3 N–H and O–H groups in total. The second kappa shape index (κ2) is 5.83. The van der Waals surface area contributed by atoms with E-state index < -0.39 is 0 Å². The Morgan fingerprint density at radius 2 is 1.72 bits per heavy atom. The quantitative estimate of drug-likeness (QED) is 0.772. The third-order valence-corrected chi connectivity index (χ3v) is 3.85. The number of hydrogen-bond acceptors (Lipinski definition) is 2. The number of benzene rings is 2. The summed E-state index contributed by atoms with van der Waals surface area (Å²) < 4.78 is 1.04. The van der Waals surface area contributed by atoms with E-state index in [-0.39, 0.29) is 0 Å². The fourth-order valence-corrected chi connectivity index (χ4v) is 2.65. The van der Waals surface area contributed by atoms with Crippen LogP contribution in [-0.4, -0.2) is 0 Å². The van der Waals surface area contributed by atoms with Gasteiger partial charge < -0.3 is 11.1 Å². The molecule has 0 unspecified atom stereocenters. The Morgan fingerprint density at radius 1 is 1.11 bits per heavy atom. The molecule has 0 saturated carbocycles. The molecule has 2 aromatic rings. The number of nitrogens with two attached hydrogens (primary N) is 1. The van der Waals surface area contributed by atoms with Crippen molar-refractivity contribution in [1.82, 2.24) is 0 Å². The van der Waals surface area contributed by atoms with Crippen LogP contribution in [0.1, 0.15) is 5.56 Å². The second-order valence-corrected chi connectivity index (χ2v) is 5.47. The average molecular weight is 346 g/mol. The summed E-state index contributed by atoms with van der Waals surface area (Å²) in [5.74, 6) is 0. The number of anilines is 2. The summed E-state index contributed by atoms with van der Waals surface area (Å²) in [7, 11) is 0. The Hall–Kier alpha value is -0.900. The van der Waals surface area contributed by atoms with Crippen molar-refractivity contribution in [2.75, 3.05) is 11.1 Å². The highest BCUT2D eigenvalue weighted by molar-refractivity contribution is 9.10. The summed E-state index contributed by atoms with van der Waals surface area (Å²) in [5.41, 5.74) is 8.03. The molecule has 2 aromatic carbocycles. The molecule has 0 amide bonds. The van der Waals surface area contributed by atoms with Gasteiger partial charge in [-0.3, -0.25) is 0 Å². The number of hydrogen-bond donors (Lipinski definition) is 2. The molecule has 0 aliphatic rings. The maximum absolute atomic E-state index is 6.10. The lowest BCUT2D eigenvalue weighted by Gasteiger charge is -2.12. The number of nitrogen functional groups attached to an aromatic ring is 1. The van der Waals surface area contributed by atoms with Gasteiger partial charge in [0.15, 0.2) is 0 Å². The van der Waals surface area contributed by atoms with Crippen molar-refractivity contribution >= 4 is 50.5 Å². The molecule has 18 heavy (non-hydrogen) atoms. The molecule has 0 heterocycles. The van der Waals surface area contributed by atoms with E-state index in [1.165, 1.54) is 0 Å². The molecule has 0 aromatic heterocycles. The zero-order valence-electron chi connectivity index (χ0n) is 9.38. The van der Waals surface area contributed by atoms with E-state index in [2.05, 4.69) is 21.2 Å². The number of rotatable bonds is 3. The SMILES string of the molecule is Nc1cc(Cl)c(NCc2ccccc2Br)c(Cl)c1. The molecule has 0 spiro atoms. The van der Waals surface area contributed by atoms with Gasteiger partial charge in [-0.15, -0.1) is 0 Å². The second-order valence-electron chi connectivity index (χ2n) is 3.80. The van der Waals surface area contributed by atoms with Crippen molar-refractivity contribution < 1.29 is 0 Å². The van der Waals surface area contributed by atoms with Gasteiger partial charge in [0, 0.05) is 16.7 Å². The van der Waals surface area contributed by atoms with E-state index in [0.29, 0.717) is 28.0 Å². The van der Waals surface area contributed by atoms with E-state index >= 15 is 0 Å². The molecule has 0 atom stereocenters. The molecule has 2 rings (SSSR count). The van der Waals surface area contributed by atoms with Gasteiger partial charge in [-0.1, -0.05) is 57.3 Å². The van der Waals surface area contributed by atoms with Gasteiger partial charge in [0.2, 0.25) is 0 Å². The summed E-state index contributed by atoms with van der Waals surface area (Å²) >= 11 is 15.7. The van der Waals surface area contributed by atoms with Gasteiger partial charge in [0.25, 0.3) is 0 Å². The maximum atomic E-state index is 6.10. The van der Waals surface area contributed by atoms with Crippen LogP contribution in [0.4, 0.5) is 11.4 Å². The number of nitrogens with one attached hydrogen (secondary N) is 1. The van der Waals surface area contributed by atoms with Gasteiger partial charge in [-0.2, -0.15) is 0 Å². The lowest BCUT2D eigenvalue weighted by Crippen LogP contribution is -2.02. The highest BCUT2D eigenvalue weighted by Crippen LogP contribution is 2.33. The Balaban J connectivity index is 2.19. The molecule has 0 radical (unpaired) electrons. The van der Waals surface area contributed by atoms with Crippen LogP contribution in [0.25, 0.3) is 0 Å². The summed E-state index contributed by atoms with van der Waals surface area (Å²) in [6.07, 6.45) is 0. The predicted octanol–water partition coefficient (Wildman–Crippen LogP) is 4.95. The third-order valence-electron chi connectivity index (χ3n) is 2.48. The van der Waals surface area contributed by atoms with E-state index in [4.69, 9.17) is 28.9 Å². The predicted molar refractivity (Wildman–Crippen MR) is 82.3 cm³/mol. The van der Waals surface area contributed by atoms with Crippen LogP contribution >= 0.6 is 39.1 Å². The van der Waals surface area contributed by atoms with Gasteiger partial charge in [-0.05, 0) is 23.8 Å². The topological polar surface area (TPSA) is 38.0 Å². The summed E-state index contributed by atoms with van der Waals surface area (Å²) in [6, 6.07) is 11.3. The Morgan fingerprint density at radius 3 is 2.33 bits per heavy atom. The van der Waals surface area contributed by atoms with Crippen molar-refractivity contribution in [3.8, 4) is 0 Å². The van der Waals surface area contributed by atoms with Crippen LogP contribution in [-0.2, 0) is 6.54 Å². The summed E-state index contributed by atoms with van der Waals surface area (Å²) in [5, 5.41) is 4.26. The van der Waals surface area contributed by atoms with Crippen molar-refractivity contribution in [1.29, 1.82) is 0 Å². The lowest BCUT2D eigenvalue weighted by atomic mass is 10.2. The van der Waals surface area contributed by atoms with Crippen LogP contribution in [0.3, 0.4) is 0 Å². The Bertz CT molecular complexity index is 550. The zero-order valence-corrected chi connectivity index (χ0v) is 12.5. The standard InChI is InChI=1S/C13H11BrCl2N2/c14-10-4-2-1-3-8(10)7-18-13-11(15)5-9(17)6-12(13)16/h1-6,18H,7,17H2. The molecule has 0 aliphatic heterocycles. The summed E-state index contributed by atoms with van der Waals surface area (Å²) in [4.78, 5) is 0. The van der Waals surface area contributed by atoms with Gasteiger partial charge >= 0.3 is 0 Å². The van der Waals surface area contributed by atoms with Crippen molar-refractivity contribution in [3.05, 3.63) is 56.5 Å². The van der Waals surface area contributed by atoms with Crippen LogP contribution in [0, 0.1) is 0 Å². The average Bonchev–Trinajstić information content (AvgIpc) is 2.30. The molecule has 0 bridgehead atoms. The highest BCUT2D eigenvalue weighted by atomic mass is 79.9. The van der Waals surface area contributed by atoms with E-state index in [9.17, 15) is 0 Å². The monoisotopic (exact) mass is 344 g/mol. The molecule has 94 valence electrons. The van der Waals surface area contributed by atoms with Crippen LogP contribution in [0.2, 0.25) is 10.0 Å². The molecular formula is C13H11BrCl2N2. The third kappa shape index (κ3) is 3.10. The smallest absolute Gasteiger partial charge is 0.0723 e. The fourth-order valence-electron chi connectivity index (χ4n) is 1.59. The molecule has 0 fully saturated rings. The Labute approximate surface area is 124 Å². The van der Waals surface area contributed by atoms with Crippen LogP contribution in [0.15, 0.2) is 40.9 Å². The largest absolute Gasteiger partial charge is 0.399 e. The molecule has 0 aliphatic carbocycles.